The molecular weight excluding hydrogens is 753 g/mol. The number of thiophene rings is 1. The Morgan fingerprint density at radius 2 is 0.839 bits per heavy atom. The normalized spacial score (nSPS) is 11.9. The van der Waals surface area contributed by atoms with E-state index in [4.69, 9.17) is 118 Å². The summed E-state index contributed by atoms with van der Waals surface area (Å²) in [7, 11) is 102. The van der Waals surface area contributed by atoms with Crippen molar-refractivity contribution in [1.29, 1.82) is 5.26 Å². The van der Waals surface area contributed by atoms with Crippen LogP contribution in [-0.4, -0.2) is 127 Å². The van der Waals surface area contributed by atoms with E-state index < -0.39 is 0 Å². The molecule has 10 rings (SSSR count). The Balaban J connectivity index is 1.45. The summed E-state index contributed by atoms with van der Waals surface area (Å²) in [6.07, 6.45) is 0. The predicted molar refractivity (Wildman–Crippen MR) is 279 cm³/mol. The SMILES string of the molecule is [B]c1c([B])c([B])c2c(c1[B])c1c([B])c(-n3c4c([B])c([B])c([B])c([B])c4c4c([B])c([B])c([B])c([B])c43)c([B])c([B])c1n2-c1cccc(C#N)c1-c1cccc2c1sc1ccccc12. The molecule has 0 saturated carbocycles. The second-order valence-corrected chi connectivity index (χ2v) is 16.3. The molecule has 0 aliphatic carbocycles. The second kappa shape index (κ2) is 14.2. The van der Waals surface area contributed by atoms with Crippen LogP contribution in [0.4, 0.5) is 0 Å². The lowest BCUT2D eigenvalue weighted by Crippen LogP contribution is -2.49. The van der Waals surface area contributed by atoms with Gasteiger partial charge in [-0.05, 0) is 34.4 Å². The Morgan fingerprint density at radius 3 is 1.37 bits per heavy atom. The summed E-state index contributed by atoms with van der Waals surface area (Å²) in [5.74, 6) is 0. The first kappa shape index (κ1) is 40.9. The van der Waals surface area contributed by atoms with Crippen LogP contribution >= 0.6 is 11.3 Å². The fourth-order valence-electron chi connectivity index (χ4n) is 9.14. The van der Waals surface area contributed by atoms with Gasteiger partial charge in [0.2, 0.25) is 0 Å². The van der Waals surface area contributed by atoms with Gasteiger partial charge < -0.3 is 9.13 Å². The van der Waals surface area contributed by atoms with Crippen molar-refractivity contribution in [2.45, 2.75) is 0 Å². The van der Waals surface area contributed by atoms with Crippen LogP contribution in [0.1, 0.15) is 5.56 Å². The molecule has 3 heterocycles. The zero-order chi connectivity index (χ0) is 44.1. The van der Waals surface area contributed by atoms with Gasteiger partial charge in [0.15, 0.2) is 0 Å². The van der Waals surface area contributed by atoms with E-state index in [9.17, 15) is 5.26 Å². The number of nitriles is 1. The molecule has 0 fully saturated rings. The van der Waals surface area contributed by atoms with Crippen LogP contribution < -0.4 is 81.9 Å². The third-order valence-electron chi connectivity index (χ3n) is 12.2. The summed E-state index contributed by atoms with van der Waals surface area (Å²) in [5, 5.41) is 13.9. The Labute approximate surface area is 381 Å². The summed E-state index contributed by atoms with van der Waals surface area (Å²) in [6, 6.07) is 21.8. The molecule has 3 aromatic heterocycles. The highest BCUT2D eigenvalue weighted by Gasteiger charge is 2.29. The summed E-state index contributed by atoms with van der Waals surface area (Å²) in [6.45, 7) is 0. The second-order valence-electron chi connectivity index (χ2n) is 15.2. The fourth-order valence-corrected chi connectivity index (χ4v) is 10.4. The molecule has 0 atom stereocenters. The van der Waals surface area contributed by atoms with Crippen molar-refractivity contribution >= 4 is 275 Å². The molecule has 0 spiro atoms. The number of aromatic nitrogens is 2. The Hall–Kier alpha value is -5.18. The first-order chi connectivity index (χ1) is 29.5. The molecule has 0 N–H and O–H groups in total. The van der Waals surface area contributed by atoms with Crippen LogP contribution in [0.25, 0.3) is 86.3 Å². The Morgan fingerprint density at radius 1 is 0.403 bits per heavy atom. The van der Waals surface area contributed by atoms with Gasteiger partial charge in [-0.15, -0.1) is 44.1 Å². The van der Waals surface area contributed by atoms with Crippen LogP contribution in [0.15, 0.2) is 60.7 Å². The molecule has 0 amide bonds. The van der Waals surface area contributed by atoms with E-state index in [0.717, 1.165) is 25.7 Å². The van der Waals surface area contributed by atoms with E-state index in [0.29, 0.717) is 22.3 Å². The number of fused-ring (bicyclic) bond motifs is 9. The maximum absolute atomic E-state index is 10.8. The number of hydrogen-bond donors (Lipinski definition) is 0. The molecule has 7 aromatic carbocycles. The third-order valence-corrected chi connectivity index (χ3v) is 13.4. The summed E-state index contributed by atoms with van der Waals surface area (Å²) in [5.41, 5.74) is 3.29. The van der Waals surface area contributed by atoms with Gasteiger partial charge in [-0.2, -0.15) is 5.26 Å². The van der Waals surface area contributed by atoms with E-state index >= 15 is 0 Å². The average molecular weight is 763 g/mol. The summed E-state index contributed by atoms with van der Waals surface area (Å²) in [4.78, 5) is 0. The smallest absolute Gasteiger partial charge is 0.117 e. The standard InChI is InChI=1S/C43H10B15N3S/c44-23-19-20-24(45)28(49)32(53)35(56)41(20)61(40(19)34(55)31(52)27(23)48)42-26(47)22-21-25(46)29(50)30(51)33(54)38(21)60(39(22)36(57)37(42)58)16-9-3-5-12(11-59)18(16)15-8-4-7-14-13-6-1-2-10-17(13)62-43(14)15/h1-10H. The molecule has 0 aliphatic rings. The number of benzene rings is 7. The molecule has 30 radical (unpaired) electrons. The summed E-state index contributed by atoms with van der Waals surface area (Å²) < 4.78 is 5.33. The number of rotatable bonds is 3. The molecule has 10 aromatic rings. The highest BCUT2D eigenvalue weighted by Crippen LogP contribution is 2.44. The van der Waals surface area contributed by atoms with E-state index in [-0.39, 0.29) is 126 Å². The molecule has 248 valence electrons. The first-order valence-electron chi connectivity index (χ1n) is 18.9. The lowest BCUT2D eigenvalue weighted by atomic mass is 9.63. The van der Waals surface area contributed by atoms with Gasteiger partial charge in [-0.3, -0.25) is 0 Å². The Kier molecular flexibility index (Phi) is 9.34. The van der Waals surface area contributed by atoms with Crippen LogP contribution in [-0.2, 0) is 0 Å². The molecule has 3 nitrogen and oxygen atoms in total. The maximum atomic E-state index is 10.8. The molecule has 19 heteroatoms. The molecular formula is C43H10B15N3S. The zero-order valence-corrected chi connectivity index (χ0v) is 33.5. The highest BCUT2D eigenvalue weighted by molar-refractivity contribution is 7.26. The van der Waals surface area contributed by atoms with Crippen molar-refractivity contribution in [3.05, 3.63) is 66.2 Å². The first-order valence-corrected chi connectivity index (χ1v) is 19.7. The van der Waals surface area contributed by atoms with Gasteiger partial charge in [0, 0.05) is 64.4 Å². The molecule has 0 bridgehead atoms. The van der Waals surface area contributed by atoms with Crippen molar-refractivity contribution in [2.75, 3.05) is 0 Å². The highest BCUT2D eigenvalue weighted by atomic mass is 32.1. The molecule has 0 saturated heterocycles. The Bertz CT molecular complexity index is 3710. The minimum atomic E-state index is -0.0534. The van der Waals surface area contributed by atoms with Gasteiger partial charge >= 0.3 is 0 Å². The van der Waals surface area contributed by atoms with Crippen molar-refractivity contribution in [3.8, 4) is 28.6 Å². The van der Waals surface area contributed by atoms with Gasteiger partial charge in [-0.1, -0.05) is 91.6 Å². The number of nitrogens with zero attached hydrogens (tertiary/aromatic N) is 3. The van der Waals surface area contributed by atoms with Gasteiger partial charge in [0.1, 0.15) is 118 Å². The van der Waals surface area contributed by atoms with E-state index in [2.05, 4.69) is 24.3 Å². The third kappa shape index (κ3) is 5.14. The lowest BCUT2D eigenvalue weighted by Gasteiger charge is -2.24. The van der Waals surface area contributed by atoms with Crippen molar-refractivity contribution in [1.82, 2.24) is 9.13 Å². The van der Waals surface area contributed by atoms with Crippen molar-refractivity contribution in [2.24, 2.45) is 0 Å². The monoisotopic (exact) mass is 765 g/mol. The van der Waals surface area contributed by atoms with Gasteiger partial charge in [0.05, 0.1) is 17.3 Å². The lowest BCUT2D eigenvalue weighted by molar-refractivity contribution is 1.19. The quantitative estimate of drug-likeness (QED) is 0.165. The minimum absolute atomic E-state index is 0.000506. The van der Waals surface area contributed by atoms with Gasteiger partial charge in [-0.25, -0.2) is 0 Å². The zero-order valence-electron chi connectivity index (χ0n) is 32.7. The fraction of sp³-hybridized carbons (Fsp3) is 0. The van der Waals surface area contributed by atoms with E-state index in [1.807, 2.05) is 30.3 Å². The van der Waals surface area contributed by atoms with E-state index in [1.165, 1.54) is 0 Å². The van der Waals surface area contributed by atoms with Crippen LogP contribution in [0.2, 0.25) is 0 Å². The molecule has 0 unspecified atom stereocenters. The largest absolute Gasteiger partial charge is 0.312 e. The predicted octanol–water partition coefficient (Wildman–Crippen LogP) is -6.31. The maximum Gasteiger partial charge on any atom is 0.117 e. The van der Waals surface area contributed by atoms with Crippen LogP contribution in [0.3, 0.4) is 0 Å². The molecule has 62 heavy (non-hydrogen) atoms. The van der Waals surface area contributed by atoms with E-state index in [1.54, 1.807) is 32.6 Å². The number of hydrogen-bond acceptors (Lipinski definition) is 2. The van der Waals surface area contributed by atoms with Crippen molar-refractivity contribution < 1.29 is 0 Å². The van der Waals surface area contributed by atoms with Crippen LogP contribution in [0, 0.1) is 11.3 Å². The minimum Gasteiger partial charge on any atom is -0.312 e. The average Bonchev–Trinajstić information content (AvgIpc) is 3.95. The van der Waals surface area contributed by atoms with Crippen LogP contribution in [0.5, 0.6) is 0 Å². The molecule has 0 aliphatic heterocycles. The van der Waals surface area contributed by atoms with Crippen molar-refractivity contribution in [3.63, 3.8) is 0 Å². The van der Waals surface area contributed by atoms with Gasteiger partial charge in [0.25, 0.3) is 0 Å². The summed E-state index contributed by atoms with van der Waals surface area (Å²) >= 11 is 1.60. The topological polar surface area (TPSA) is 33.6 Å².